The first-order valence-electron chi connectivity index (χ1n) is 8.46. The third-order valence-electron chi connectivity index (χ3n) is 4.25. The summed E-state index contributed by atoms with van der Waals surface area (Å²) >= 11 is 1.31. The highest BCUT2D eigenvalue weighted by Gasteiger charge is 2.16. The number of aromatic nitrogens is 1. The monoisotopic (exact) mass is 411 g/mol. The number of benzene rings is 1. The summed E-state index contributed by atoms with van der Waals surface area (Å²) in [5.74, 6) is -2.74. The molecule has 2 heterocycles. The van der Waals surface area contributed by atoms with Crippen molar-refractivity contribution in [3.63, 3.8) is 0 Å². The van der Waals surface area contributed by atoms with Crippen molar-refractivity contribution in [3.05, 3.63) is 74.7 Å². The minimum absolute atomic E-state index is 0.120. The van der Waals surface area contributed by atoms with Crippen molar-refractivity contribution >= 4 is 35.4 Å². The van der Waals surface area contributed by atoms with Crippen LogP contribution in [0.2, 0.25) is 0 Å². The van der Waals surface area contributed by atoms with E-state index in [9.17, 15) is 24.6 Å². The standard InChI is InChI=1S/C20H17N3O5S/c1-11-6-15(10-21-22-18(24)17-4-3-5-29-17)12(2)23(11)16-8-13(19(25)26)7-14(9-16)20(27)28/h3-10H,1-2H3,(H,22,24)(H,25,26)(H,27,28)/b21-10+. The second-order valence-corrected chi connectivity index (χ2v) is 7.16. The van der Waals surface area contributed by atoms with E-state index in [1.807, 2.05) is 13.0 Å². The minimum atomic E-state index is -1.21. The highest BCUT2D eigenvalue weighted by Crippen LogP contribution is 2.22. The Labute approximate surface area is 169 Å². The molecular formula is C20H17N3O5S. The van der Waals surface area contributed by atoms with E-state index in [1.165, 1.54) is 29.7 Å². The molecule has 29 heavy (non-hydrogen) atoms. The van der Waals surface area contributed by atoms with Crippen LogP contribution in [0.15, 0.2) is 46.9 Å². The number of carbonyl (C=O) groups is 3. The summed E-state index contributed by atoms with van der Waals surface area (Å²) < 4.78 is 1.74. The average Bonchev–Trinajstić information content (AvgIpc) is 3.30. The Morgan fingerprint density at radius 2 is 1.72 bits per heavy atom. The molecule has 148 valence electrons. The number of amides is 1. The Hall–Kier alpha value is -3.72. The van der Waals surface area contributed by atoms with Gasteiger partial charge in [-0.15, -0.1) is 11.3 Å². The number of nitrogens with zero attached hydrogens (tertiary/aromatic N) is 2. The number of carbonyl (C=O) groups excluding carboxylic acids is 1. The molecule has 3 N–H and O–H groups in total. The van der Waals surface area contributed by atoms with Crippen molar-refractivity contribution < 1.29 is 24.6 Å². The molecule has 1 amide bonds. The molecule has 0 fully saturated rings. The third kappa shape index (κ3) is 4.25. The van der Waals surface area contributed by atoms with Crippen molar-refractivity contribution in [1.29, 1.82) is 0 Å². The Balaban J connectivity index is 1.93. The first kappa shape index (κ1) is 20.0. The zero-order chi connectivity index (χ0) is 21.1. The molecule has 3 aromatic rings. The van der Waals surface area contributed by atoms with Crippen LogP contribution >= 0.6 is 11.3 Å². The average molecular weight is 411 g/mol. The zero-order valence-corrected chi connectivity index (χ0v) is 16.4. The second-order valence-electron chi connectivity index (χ2n) is 6.22. The number of rotatable bonds is 6. The van der Waals surface area contributed by atoms with Gasteiger partial charge in [-0.3, -0.25) is 4.79 Å². The van der Waals surface area contributed by atoms with Crippen LogP contribution in [-0.4, -0.2) is 38.8 Å². The lowest BCUT2D eigenvalue weighted by Crippen LogP contribution is -2.16. The maximum absolute atomic E-state index is 11.9. The molecule has 0 saturated carbocycles. The Kier molecular flexibility index (Phi) is 5.60. The van der Waals surface area contributed by atoms with Gasteiger partial charge in [0.1, 0.15) is 0 Å². The molecule has 0 aliphatic rings. The maximum Gasteiger partial charge on any atom is 0.335 e. The van der Waals surface area contributed by atoms with Gasteiger partial charge in [0.15, 0.2) is 0 Å². The molecule has 0 bridgehead atoms. The topological polar surface area (TPSA) is 121 Å². The van der Waals surface area contributed by atoms with Gasteiger partial charge in [0.05, 0.1) is 22.2 Å². The summed E-state index contributed by atoms with van der Waals surface area (Å²) in [7, 11) is 0. The number of nitrogens with one attached hydrogen (secondary N) is 1. The van der Waals surface area contributed by atoms with Crippen molar-refractivity contribution in [2.45, 2.75) is 13.8 Å². The van der Waals surface area contributed by atoms with Crippen molar-refractivity contribution in [1.82, 2.24) is 9.99 Å². The van der Waals surface area contributed by atoms with Crippen LogP contribution in [-0.2, 0) is 0 Å². The SMILES string of the molecule is Cc1cc(/C=N/NC(=O)c2cccs2)c(C)n1-c1cc(C(=O)O)cc(C(=O)O)c1. The predicted molar refractivity (Wildman–Crippen MR) is 109 cm³/mol. The van der Waals surface area contributed by atoms with E-state index in [4.69, 9.17) is 0 Å². The number of aromatic carboxylic acids is 2. The van der Waals surface area contributed by atoms with E-state index in [0.29, 0.717) is 16.1 Å². The number of carboxylic acid groups (broad SMARTS) is 2. The minimum Gasteiger partial charge on any atom is -0.478 e. The van der Waals surface area contributed by atoms with Crippen molar-refractivity contribution in [2.24, 2.45) is 5.10 Å². The van der Waals surface area contributed by atoms with Gasteiger partial charge in [0.2, 0.25) is 0 Å². The van der Waals surface area contributed by atoms with E-state index < -0.39 is 11.9 Å². The summed E-state index contributed by atoms with van der Waals surface area (Å²) in [6.07, 6.45) is 1.49. The predicted octanol–water partition coefficient (Wildman–Crippen LogP) is 3.32. The highest BCUT2D eigenvalue weighted by atomic mass is 32.1. The highest BCUT2D eigenvalue weighted by molar-refractivity contribution is 7.12. The van der Waals surface area contributed by atoms with E-state index >= 15 is 0 Å². The molecular weight excluding hydrogens is 394 g/mol. The molecule has 9 heteroatoms. The van der Waals surface area contributed by atoms with Gasteiger partial charge in [-0.1, -0.05) is 6.07 Å². The normalized spacial score (nSPS) is 11.0. The number of carboxylic acids is 2. The molecule has 0 saturated heterocycles. The lowest BCUT2D eigenvalue weighted by molar-refractivity contribution is 0.0696. The zero-order valence-electron chi connectivity index (χ0n) is 15.5. The molecule has 2 aromatic heterocycles. The smallest absolute Gasteiger partial charge is 0.335 e. The van der Waals surface area contributed by atoms with Crippen molar-refractivity contribution in [3.8, 4) is 5.69 Å². The lowest BCUT2D eigenvalue weighted by atomic mass is 10.1. The van der Waals surface area contributed by atoms with Gasteiger partial charge >= 0.3 is 11.9 Å². The van der Waals surface area contributed by atoms with Gasteiger partial charge in [-0.2, -0.15) is 5.10 Å². The quantitative estimate of drug-likeness (QED) is 0.424. The number of hydrazone groups is 1. The molecule has 0 radical (unpaired) electrons. The molecule has 1 aromatic carbocycles. The number of aryl methyl sites for hydroxylation is 1. The molecule has 0 unspecified atom stereocenters. The fourth-order valence-electron chi connectivity index (χ4n) is 2.93. The van der Waals surface area contributed by atoms with Crippen LogP contribution in [0.4, 0.5) is 0 Å². The molecule has 0 aliphatic heterocycles. The molecule has 3 rings (SSSR count). The van der Waals surface area contributed by atoms with Crippen LogP contribution in [0, 0.1) is 13.8 Å². The van der Waals surface area contributed by atoms with E-state index in [2.05, 4.69) is 10.5 Å². The van der Waals surface area contributed by atoms with Crippen molar-refractivity contribution in [2.75, 3.05) is 0 Å². The van der Waals surface area contributed by atoms with Crippen LogP contribution in [0.1, 0.15) is 47.3 Å². The lowest BCUT2D eigenvalue weighted by Gasteiger charge is -2.12. The summed E-state index contributed by atoms with van der Waals surface area (Å²) in [5, 5.41) is 24.4. The van der Waals surface area contributed by atoms with E-state index in [0.717, 1.165) is 17.5 Å². The van der Waals surface area contributed by atoms with Gasteiger partial charge in [-0.05, 0) is 49.6 Å². The Morgan fingerprint density at radius 1 is 1.07 bits per heavy atom. The molecule has 0 spiro atoms. The number of hydrogen-bond donors (Lipinski definition) is 3. The Morgan fingerprint density at radius 3 is 2.28 bits per heavy atom. The number of thiophene rings is 1. The van der Waals surface area contributed by atoms with Crippen LogP contribution in [0.25, 0.3) is 5.69 Å². The Bertz CT molecular complexity index is 1100. The third-order valence-corrected chi connectivity index (χ3v) is 5.12. The summed E-state index contributed by atoms with van der Waals surface area (Å²) in [6, 6.07) is 9.21. The summed E-state index contributed by atoms with van der Waals surface area (Å²) in [6.45, 7) is 3.60. The van der Waals surface area contributed by atoms with Gasteiger partial charge in [-0.25, -0.2) is 15.0 Å². The fraction of sp³-hybridized carbons (Fsp3) is 0.100. The van der Waals surface area contributed by atoms with Crippen LogP contribution < -0.4 is 5.43 Å². The summed E-state index contributed by atoms with van der Waals surface area (Å²) in [5.41, 5.74) is 4.81. The molecule has 8 nitrogen and oxygen atoms in total. The first-order chi connectivity index (χ1) is 13.8. The van der Waals surface area contributed by atoms with E-state index in [1.54, 1.807) is 29.0 Å². The maximum atomic E-state index is 11.9. The van der Waals surface area contributed by atoms with Gasteiger partial charge < -0.3 is 14.8 Å². The van der Waals surface area contributed by atoms with Gasteiger partial charge in [0.25, 0.3) is 5.91 Å². The summed E-state index contributed by atoms with van der Waals surface area (Å²) in [4.78, 5) is 35.2. The van der Waals surface area contributed by atoms with Crippen LogP contribution in [0.3, 0.4) is 0 Å². The first-order valence-corrected chi connectivity index (χ1v) is 9.34. The van der Waals surface area contributed by atoms with Gasteiger partial charge in [0, 0.05) is 22.6 Å². The van der Waals surface area contributed by atoms with E-state index in [-0.39, 0.29) is 17.0 Å². The number of hydrogen-bond acceptors (Lipinski definition) is 5. The molecule has 0 aliphatic carbocycles. The second kappa shape index (κ2) is 8.11. The van der Waals surface area contributed by atoms with Crippen LogP contribution in [0.5, 0.6) is 0 Å². The molecule has 0 atom stereocenters. The largest absolute Gasteiger partial charge is 0.478 e. The fourth-order valence-corrected chi connectivity index (χ4v) is 3.54.